The molecule has 1 aliphatic rings. The summed E-state index contributed by atoms with van der Waals surface area (Å²) in [5.74, 6) is -2.05. The predicted octanol–water partition coefficient (Wildman–Crippen LogP) is 11.9. The first kappa shape index (κ1) is 61.6. The van der Waals surface area contributed by atoms with Crippen molar-refractivity contribution in [2.75, 3.05) is 19.0 Å². The number of allylic oxidation sites excluding steroid dienone is 8. The van der Waals surface area contributed by atoms with Gasteiger partial charge >= 0.3 is 11.9 Å². The van der Waals surface area contributed by atoms with Crippen LogP contribution in [0.2, 0.25) is 0 Å². The number of esters is 2. The van der Waals surface area contributed by atoms with Gasteiger partial charge in [-0.1, -0.05) is 204 Å². The topological polar surface area (TPSA) is 186 Å². The number of hydrogen-bond donors (Lipinski definition) is 4. The smallest absolute Gasteiger partial charge is 0.306 e. The molecule has 1 aliphatic heterocycles. The molecule has 13 heteroatoms. The molecule has 0 radical (unpaired) electrons. The van der Waals surface area contributed by atoms with Gasteiger partial charge < -0.3 is 34.3 Å². The molecule has 1 saturated heterocycles. The standard InChI is InChI=1S/C53H94O12S/c1-3-5-7-9-11-13-15-17-19-21-22-23-24-26-28-30-32-34-36-38-40-42-49(55)64-46(44-63-53-52(58)51(57)50(56)47(65-53)45-66(59,60)61)43-62-48(54)41-39-37-35-33-31-29-27-25-20-18-16-14-12-10-8-6-4-2/h19,21,23-24,28,30,34,36,46-47,50-53,56-58H,3-18,20,22,25-27,29,31-33,35,37-45H2,1-2H3,(H,59,60,61)/b21-19+,24-23+,30-28+,36-34+/t46-,47-,50-,51?,52?,53+/m1/s1. The lowest BCUT2D eigenvalue weighted by Gasteiger charge is -2.40. The molecule has 1 fully saturated rings. The molecule has 0 aromatic carbocycles. The third-order valence-electron chi connectivity index (χ3n) is 11.9. The van der Waals surface area contributed by atoms with Gasteiger partial charge in [-0.25, -0.2) is 0 Å². The fourth-order valence-corrected chi connectivity index (χ4v) is 8.54. The van der Waals surface area contributed by atoms with Crippen molar-refractivity contribution < 1.29 is 56.8 Å². The molecule has 0 aliphatic carbocycles. The highest BCUT2D eigenvalue weighted by atomic mass is 32.2. The van der Waals surface area contributed by atoms with Crippen molar-refractivity contribution >= 4 is 22.1 Å². The maximum atomic E-state index is 12.9. The second-order valence-corrected chi connectivity index (χ2v) is 19.7. The Morgan fingerprint density at radius 1 is 0.515 bits per heavy atom. The minimum absolute atomic E-state index is 0.0893. The van der Waals surface area contributed by atoms with E-state index in [-0.39, 0.29) is 19.4 Å². The molecule has 6 atom stereocenters. The highest BCUT2D eigenvalue weighted by Gasteiger charge is 2.46. The number of carbonyl (C=O) groups is 2. The molecule has 0 amide bonds. The molecule has 384 valence electrons. The molecule has 1 heterocycles. The van der Waals surface area contributed by atoms with Crippen molar-refractivity contribution in [2.45, 2.75) is 256 Å². The maximum absolute atomic E-state index is 12.9. The van der Waals surface area contributed by atoms with Crippen molar-refractivity contribution in [2.24, 2.45) is 0 Å². The third kappa shape index (κ3) is 36.6. The second kappa shape index (κ2) is 42.7. The molecule has 4 N–H and O–H groups in total. The number of rotatable bonds is 44. The van der Waals surface area contributed by atoms with Crippen molar-refractivity contribution in [3.63, 3.8) is 0 Å². The summed E-state index contributed by atoms with van der Waals surface area (Å²) in [5.41, 5.74) is 0. The summed E-state index contributed by atoms with van der Waals surface area (Å²) in [5, 5.41) is 31.0. The summed E-state index contributed by atoms with van der Waals surface area (Å²) in [6, 6.07) is 0. The van der Waals surface area contributed by atoms with E-state index in [4.69, 9.17) is 18.9 Å². The lowest BCUT2D eigenvalue weighted by Crippen LogP contribution is -2.60. The van der Waals surface area contributed by atoms with Crippen molar-refractivity contribution in [1.82, 2.24) is 0 Å². The minimum atomic E-state index is -4.61. The van der Waals surface area contributed by atoms with Gasteiger partial charge in [0.1, 0.15) is 36.8 Å². The quantitative estimate of drug-likeness (QED) is 0.0196. The highest BCUT2D eigenvalue weighted by Crippen LogP contribution is 2.24. The Morgan fingerprint density at radius 3 is 1.39 bits per heavy atom. The lowest BCUT2D eigenvalue weighted by atomic mass is 10.00. The Bertz CT molecular complexity index is 1400. The van der Waals surface area contributed by atoms with E-state index in [0.717, 1.165) is 44.9 Å². The van der Waals surface area contributed by atoms with Gasteiger partial charge in [0, 0.05) is 12.8 Å². The van der Waals surface area contributed by atoms with Crippen LogP contribution < -0.4 is 0 Å². The van der Waals surface area contributed by atoms with Crippen LogP contribution in [0.4, 0.5) is 0 Å². The number of ether oxygens (including phenoxy) is 4. The Morgan fingerprint density at radius 2 is 0.924 bits per heavy atom. The van der Waals surface area contributed by atoms with E-state index in [0.29, 0.717) is 19.3 Å². The van der Waals surface area contributed by atoms with Crippen molar-refractivity contribution in [1.29, 1.82) is 0 Å². The summed E-state index contributed by atoms with van der Waals surface area (Å²) in [6.45, 7) is 3.74. The zero-order valence-corrected chi connectivity index (χ0v) is 42.1. The van der Waals surface area contributed by atoms with Crippen molar-refractivity contribution in [3.8, 4) is 0 Å². The second-order valence-electron chi connectivity index (χ2n) is 18.2. The predicted molar refractivity (Wildman–Crippen MR) is 266 cm³/mol. The molecule has 0 spiro atoms. The van der Waals surface area contributed by atoms with Crippen molar-refractivity contribution in [3.05, 3.63) is 48.6 Å². The van der Waals surface area contributed by atoms with Gasteiger partial charge in [0.05, 0.1) is 6.61 Å². The summed E-state index contributed by atoms with van der Waals surface area (Å²) < 4.78 is 54.2. The molecule has 0 saturated carbocycles. The first-order valence-corrected chi connectivity index (χ1v) is 27.8. The van der Waals surface area contributed by atoms with E-state index in [1.165, 1.54) is 128 Å². The van der Waals surface area contributed by atoms with Gasteiger partial charge in [0.25, 0.3) is 10.1 Å². The average molecular weight is 955 g/mol. The van der Waals surface area contributed by atoms with Crippen LogP contribution in [0, 0.1) is 0 Å². The largest absolute Gasteiger partial charge is 0.462 e. The van der Waals surface area contributed by atoms with Crippen LogP contribution in [-0.2, 0) is 38.7 Å². The summed E-state index contributed by atoms with van der Waals surface area (Å²) in [7, 11) is -4.61. The number of aliphatic hydroxyl groups excluding tert-OH is 3. The van der Waals surface area contributed by atoms with Gasteiger partial charge in [0.2, 0.25) is 0 Å². The molecular weight excluding hydrogens is 861 g/mol. The van der Waals surface area contributed by atoms with Crippen LogP contribution >= 0.6 is 0 Å². The van der Waals surface area contributed by atoms with E-state index >= 15 is 0 Å². The van der Waals surface area contributed by atoms with E-state index in [1.807, 2.05) is 12.2 Å². The molecule has 12 nitrogen and oxygen atoms in total. The molecule has 66 heavy (non-hydrogen) atoms. The highest BCUT2D eigenvalue weighted by molar-refractivity contribution is 7.85. The van der Waals surface area contributed by atoms with Crippen LogP contribution in [0.3, 0.4) is 0 Å². The number of carbonyl (C=O) groups excluding carboxylic acids is 2. The zero-order chi connectivity index (χ0) is 48.4. The Labute approximate surface area is 401 Å². The SMILES string of the molecule is CCCCCCCCC/C=C/C/C=C/C/C=C/C/C=C/CCCC(=O)O[C@H](COC(=O)CCCCCCCCCCCCCCCCCCC)CO[C@H]1O[C@H](CS(=O)(=O)O)[C@@H](O)C(O)C1O. The fraction of sp³-hybridized carbons (Fsp3) is 0.811. The van der Waals surface area contributed by atoms with Crippen LogP contribution in [0.5, 0.6) is 0 Å². The van der Waals surface area contributed by atoms with Gasteiger partial charge in [-0.2, -0.15) is 8.42 Å². The summed E-state index contributed by atoms with van der Waals surface area (Å²) in [4.78, 5) is 25.5. The van der Waals surface area contributed by atoms with Crippen LogP contribution in [-0.4, -0.2) is 96.0 Å². The molecule has 0 bridgehead atoms. The van der Waals surface area contributed by atoms with E-state index in [2.05, 4.69) is 50.3 Å². The maximum Gasteiger partial charge on any atom is 0.306 e. The lowest BCUT2D eigenvalue weighted by molar-refractivity contribution is -0.297. The van der Waals surface area contributed by atoms with E-state index < -0.39 is 71.2 Å². The van der Waals surface area contributed by atoms with Crippen LogP contribution in [0.15, 0.2) is 48.6 Å². The van der Waals surface area contributed by atoms with Crippen LogP contribution in [0.25, 0.3) is 0 Å². The summed E-state index contributed by atoms with van der Waals surface area (Å²) >= 11 is 0. The number of unbranched alkanes of at least 4 members (excludes halogenated alkanes) is 24. The van der Waals surface area contributed by atoms with Gasteiger partial charge in [-0.15, -0.1) is 0 Å². The third-order valence-corrected chi connectivity index (χ3v) is 12.7. The number of aliphatic hydroxyl groups is 3. The average Bonchev–Trinajstić information content (AvgIpc) is 3.28. The van der Waals surface area contributed by atoms with Gasteiger partial charge in [0.15, 0.2) is 12.4 Å². The van der Waals surface area contributed by atoms with E-state index in [9.17, 15) is 37.9 Å². The molecule has 0 aromatic heterocycles. The Balaban J connectivity index is 2.42. The number of hydrogen-bond acceptors (Lipinski definition) is 11. The molecule has 2 unspecified atom stereocenters. The molecular formula is C53H94O12S. The Kier molecular flexibility index (Phi) is 39.9. The van der Waals surface area contributed by atoms with E-state index in [1.54, 1.807) is 0 Å². The fourth-order valence-electron chi connectivity index (χ4n) is 7.85. The minimum Gasteiger partial charge on any atom is -0.462 e. The van der Waals surface area contributed by atoms with Gasteiger partial charge in [-0.3, -0.25) is 14.1 Å². The van der Waals surface area contributed by atoms with Crippen LogP contribution in [0.1, 0.15) is 219 Å². The Hall–Kier alpha value is -2.39. The van der Waals surface area contributed by atoms with Gasteiger partial charge in [-0.05, 0) is 51.4 Å². The summed E-state index contributed by atoms with van der Waals surface area (Å²) in [6.07, 6.45) is 43.0. The zero-order valence-electron chi connectivity index (χ0n) is 41.3. The first-order chi connectivity index (χ1) is 32.0. The molecule has 0 aromatic rings. The monoisotopic (exact) mass is 955 g/mol. The first-order valence-electron chi connectivity index (χ1n) is 26.2. The normalized spacial score (nSPS) is 19.8. The molecule has 1 rings (SSSR count).